The molecule has 0 radical (unpaired) electrons. The first kappa shape index (κ1) is 14.4. The van der Waals surface area contributed by atoms with E-state index >= 15 is 0 Å². The van der Waals surface area contributed by atoms with Gasteiger partial charge < -0.3 is 0 Å². The molecule has 0 aliphatic carbocycles. The molecular formula is C16H10ClFN4S. The molecule has 0 unspecified atom stereocenters. The topological polar surface area (TPSA) is 43.1 Å². The van der Waals surface area contributed by atoms with Crippen LogP contribution in [0.5, 0.6) is 0 Å². The lowest BCUT2D eigenvalue weighted by atomic mass is 10.1. The van der Waals surface area contributed by atoms with Crippen LogP contribution in [0, 0.1) is 5.82 Å². The van der Waals surface area contributed by atoms with Crippen molar-refractivity contribution in [2.45, 2.75) is 5.16 Å². The summed E-state index contributed by atoms with van der Waals surface area (Å²) in [6.07, 6.45) is 0. The van der Waals surface area contributed by atoms with Crippen LogP contribution < -0.4 is 0 Å². The second kappa shape index (κ2) is 5.79. The number of hydrogen-bond acceptors (Lipinski definition) is 4. The van der Waals surface area contributed by atoms with Gasteiger partial charge in [-0.25, -0.2) is 4.39 Å². The van der Waals surface area contributed by atoms with Crippen molar-refractivity contribution < 1.29 is 4.39 Å². The lowest BCUT2D eigenvalue weighted by molar-refractivity contribution is 0.624. The average Bonchev–Trinajstić information content (AvgIpc) is 2.99. The van der Waals surface area contributed by atoms with Gasteiger partial charge in [0, 0.05) is 16.9 Å². The SMILES string of the molecule is Fc1ccccc1C1=Nn2c(nnc2-c2ccccc2Cl)SC1. The number of fused-ring (bicyclic) bond motifs is 1. The van der Waals surface area contributed by atoms with E-state index in [1.54, 1.807) is 28.9 Å². The third-order valence-corrected chi connectivity index (χ3v) is 4.73. The molecule has 23 heavy (non-hydrogen) atoms. The van der Waals surface area contributed by atoms with Gasteiger partial charge in [0.15, 0.2) is 5.82 Å². The van der Waals surface area contributed by atoms with Crippen LogP contribution in [0.3, 0.4) is 0 Å². The maximum atomic E-state index is 14.0. The molecule has 1 aromatic heterocycles. The molecule has 0 fully saturated rings. The van der Waals surface area contributed by atoms with Gasteiger partial charge in [0.2, 0.25) is 5.16 Å². The van der Waals surface area contributed by atoms with Crippen LogP contribution in [0.4, 0.5) is 4.39 Å². The zero-order valence-corrected chi connectivity index (χ0v) is 13.4. The summed E-state index contributed by atoms with van der Waals surface area (Å²) in [5.41, 5.74) is 1.88. The van der Waals surface area contributed by atoms with E-state index in [4.69, 9.17) is 11.6 Å². The zero-order valence-electron chi connectivity index (χ0n) is 11.8. The highest BCUT2D eigenvalue weighted by molar-refractivity contribution is 7.99. The first-order chi connectivity index (χ1) is 11.2. The molecule has 1 aliphatic rings. The van der Waals surface area contributed by atoms with E-state index in [0.717, 1.165) is 5.56 Å². The van der Waals surface area contributed by atoms with Crippen molar-refractivity contribution in [3.05, 3.63) is 64.9 Å². The summed E-state index contributed by atoms with van der Waals surface area (Å²) in [4.78, 5) is 0. The smallest absolute Gasteiger partial charge is 0.206 e. The Morgan fingerprint density at radius 1 is 1.00 bits per heavy atom. The molecule has 0 atom stereocenters. The Hall–Kier alpha value is -2.18. The molecule has 0 N–H and O–H groups in total. The highest BCUT2D eigenvalue weighted by Crippen LogP contribution is 2.31. The maximum Gasteiger partial charge on any atom is 0.212 e. The van der Waals surface area contributed by atoms with Crippen LogP contribution in [-0.2, 0) is 0 Å². The Balaban J connectivity index is 1.85. The Bertz CT molecular complexity index is 922. The van der Waals surface area contributed by atoms with Crippen molar-refractivity contribution >= 4 is 29.1 Å². The molecule has 0 spiro atoms. The van der Waals surface area contributed by atoms with Gasteiger partial charge in [0.05, 0.1) is 10.7 Å². The zero-order chi connectivity index (χ0) is 15.8. The normalized spacial score (nSPS) is 13.6. The molecule has 2 aromatic carbocycles. The molecule has 1 aliphatic heterocycles. The van der Waals surface area contributed by atoms with E-state index in [-0.39, 0.29) is 5.82 Å². The number of aromatic nitrogens is 3. The van der Waals surface area contributed by atoms with Crippen molar-refractivity contribution in [3.63, 3.8) is 0 Å². The summed E-state index contributed by atoms with van der Waals surface area (Å²) < 4.78 is 15.6. The van der Waals surface area contributed by atoms with E-state index in [9.17, 15) is 4.39 Å². The van der Waals surface area contributed by atoms with E-state index in [1.807, 2.05) is 18.2 Å². The third-order valence-electron chi connectivity index (χ3n) is 3.47. The van der Waals surface area contributed by atoms with E-state index in [2.05, 4.69) is 15.3 Å². The maximum absolute atomic E-state index is 14.0. The summed E-state index contributed by atoms with van der Waals surface area (Å²) in [6, 6.07) is 14.0. The molecule has 4 nitrogen and oxygen atoms in total. The quantitative estimate of drug-likeness (QED) is 0.703. The van der Waals surface area contributed by atoms with Gasteiger partial charge in [0.1, 0.15) is 5.82 Å². The minimum Gasteiger partial charge on any atom is -0.206 e. The predicted octanol–water partition coefficient (Wildman–Crippen LogP) is 4.10. The Morgan fingerprint density at radius 2 is 1.74 bits per heavy atom. The van der Waals surface area contributed by atoms with Crippen molar-refractivity contribution in [3.8, 4) is 11.4 Å². The molecule has 0 saturated carbocycles. The van der Waals surface area contributed by atoms with Crippen LogP contribution in [0.2, 0.25) is 5.02 Å². The Kier molecular flexibility index (Phi) is 3.63. The molecular weight excluding hydrogens is 335 g/mol. The summed E-state index contributed by atoms with van der Waals surface area (Å²) in [5, 5.41) is 14.1. The number of benzene rings is 2. The highest BCUT2D eigenvalue weighted by Gasteiger charge is 2.22. The second-order valence-electron chi connectivity index (χ2n) is 4.91. The molecule has 114 valence electrons. The molecule has 3 aromatic rings. The number of hydrogen-bond donors (Lipinski definition) is 0. The van der Waals surface area contributed by atoms with Crippen molar-refractivity contribution in [1.82, 2.24) is 14.9 Å². The number of thioether (sulfide) groups is 1. The number of halogens is 2. The van der Waals surface area contributed by atoms with Crippen molar-refractivity contribution in [2.75, 3.05) is 5.75 Å². The Morgan fingerprint density at radius 3 is 2.52 bits per heavy atom. The van der Waals surface area contributed by atoms with E-state index in [0.29, 0.717) is 33.0 Å². The van der Waals surface area contributed by atoms with Crippen molar-refractivity contribution in [2.24, 2.45) is 5.10 Å². The van der Waals surface area contributed by atoms with Gasteiger partial charge in [-0.1, -0.05) is 53.7 Å². The fourth-order valence-corrected chi connectivity index (χ4v) is 3.41. The summed E-state index contributed by atoms with van der Waals surface area (Å²) in [6.45, 7) is 0. The lowest BCUT2D eigenvalue weighted by Crippen LogP contribution is -2.15. The summed E-state index contributed by atoms with van der Waals surface area (Å²) in [7, 11) is 0. The molecule has 0 bridgehead atoms. The monoisotopic (exact) mass is 344 g/mol. The molecule has 0 saturated heterocycles. The largest absolute Gasteiger partial charge is 0.212 e. The second-order valence-corrected chi connectivity index (χ2v) is 6.26. The van der Waals surface area contributed by atoms with Gasteiger partial charge in [-0.15, -0.1) is 10.2 Å². The number of nitrogens with zero attached hydrogens (tertiary/aromatic N) is 4. The van der Waals surface area contributed by atoms with Crippen LogP contribution >= 0.6 is 23.4 Å². The molecule has 4 rings (SSSR count). The molecule has 7 heteroatoms. The van der Waals surface area contributed by atoms with Crippen LogP contribution in [0.1, 0.15) is 5.56 Å². The van der Waals surface area contributed by atoms with Gasteiger partial charge >= 0.3 is 0 Å². The Labute approximate surface area is 141 Å². The van der Waals surface area contributed by atoms with Crippen LogP contribution in [-0.4, -0.2) is 26.3 Å². The predicted molar refractivity (Wildman–Crippen MR) is 89.5 cm³/mol. The average molecular weight is 345 g/mol. The van der Waals surface area contributed by atoms with Gasteiger partial charge in [-0.05, 0) is 18.2 Å². The van der Waals surface area contributed by atoms with E-state index < -0.39 is 0 Å². The first-order valence-electron chi connectivity index (χ1n) is 6.90. The summed E-state index contributed by atoms with van der Waals surface area (Å²) in [5.74, 6) is 0.802. The van der Waals surface area contributed by atoms with Gasteiger partial charge in [-0.2, -0.15) is 9.78 Å². The highest BCUT2D eigenvalue weighted by atomic mass is 35.5. The fourth-order valence-electron chi connectivity index (χ4n) is 2.37. The third kappa shape index (κ3) is 2.54. The first-order valence-corrected chi connectivity index (χ1v) is 8.26. The minimum atomic E-state index is -0.289. The van der Waals surface area contributed by atoms with E-state index in [1.165, 1.54) is 17.8 Å². The van der Waals surface area contributed by atoms with Gasteiger partial charge in [-0.3, -0.25) is 0 Å². The van der Waals surface area contributed by atoms with Gasteiger partial charge in [0.25, 0.3) is 0 Å². The number of rotatable bonds is 2. The van der Waals surface area contributed by atoms with Crippen LogP contribution in [0.25, 0.3) is 11.4 Å². The van der Waals surface area contributed by atoms with Crippen LogP contribution in [0.15, 0.2) is 58.8 Å². The van der Waals surface area contributed by atoms with Crippen molar-refractivity contribution in [1.29, 1.82) is 0 Å². The lowest BCUT2D eigenvalue weighted by Gasteiger charge is -2.14. The standard InChI is InChI=1S/C16H10ClFN4S/c17-12-7-3-1-5-10(12)15-19-20-16-22(15)21-14(9-23-16)11-6-2-4-8-13(11)18/h1-8H,9H2. The summed E-state index contributed by atoms with van der Waals surface area (Å²) >= 11 is 7.71. The fraction of sp³-hybridized carbons (Fsp3) is 0.0625. The molecule has 2 heterocycles. The minimum absolute atomic E-state index is 0.289. The molecule has 0 amide bonds.